The largest absolute Gasteiger partial charge is 0.396 e. The van der Waals surface area contributed by atoms with Crippen molar-refractivity contribution < 1.29 is 5.11 Å². The molecular formula is C15H25NO. The third-order valence-electron chi connectivity index (χ3n) is 3.14. The van der Waals surface area contributed by atoms with Crippen LogP contribution in [-0.2, 0) is 6.42 Å². The van der Waals surface area contributed by atoms with E-state index < -0.39 is 0 Å². The fourth-order valence-corrected chi connectivity index (χ4v) is 1.75. The average Bonchev–Trinajstić information content (AvgIpc) is 2.30. The predicted octanol–water partition coefficient (Wildman–Crippen LogP) is 2.53. The summed E-state index contributed by atoms with van der Waals surface area (Å²) in [7, 11) is 0. The zero-order valence-corrected chi connectivity index (χ0v) is 11.5. The Morgan fingerprint density at radius 3 is 2.53 bits per heavy atom. The second-order valence-corrected chi connectivity index (χ2v) is 5.73. The molecule has 17 heavy (non-hydrogen) atoms. The van der Waals surface area contributed by atoms with Crippen LogP contribution >= 0.6 is 0 Å². The molecule has 0 saturated heterocycles. The van der Waals surface area contributed by atoms with Crippen LogP contribution in [0.15, 0.2) is 24.3 Å². The molecule has 2 nitrogen and oxygen atoms in total. The number of nitrogens with one attached hydrogen (secondary N) is 1. The smallest absolute Gasteiger partial charge is 0.0494 e. The normalized spacial score (nSPS) is 13.7. The lowest BCUT2D eigenvalue weighted by molar-refractivity contribution is 0.154. The van der Waals surface area contributed by atoms with Gasteiger partial charge in [-0.25, -0.2) is 0 Å². The first kappa shape index (κ1) is 14.2. The van der Waals surface area contributed by atoms with E-state index in [4.69, 9.17) is 0 Å². The van der Waals surface area contributed by atoms with Gasteiger partial charge in [-0.1, -0.05) is 38.1 Å². The Hall–Kier alpha value is -0.860. The van der Waals surface area contributed by atoms with Crippen LogP contribution in [0.2, 0.25) is 0 Å². The molecule has 2 heteroatoms. The lowest BCUT2D eigenvalue weighted by Crippen LogP contribution is -2.38. The van der Waals surface area contributed by atoms with Crippen molar-refractivity contribution in [3.05, 3.63) is 35.4 Å². The molecule has 0 aliphatic heterocycles. The van der Waals surface area contributed by atoms with E-state index in [0.29, 0.717) is 6.04 Å². The highest BCUT2D eigenvalue weighted by Gasteiger charge is 2.17. The maximum atomic E-state index is 9.20. The minimum atomic E-state index is -0.0417. The molecule has 0 aromatic heterocycles. The Morgan fingerprint density at radius 1 is 1.29 bits per heavy atom. The van der Waals surface area contributed by atoms with Crippen molar-refractivity contribution in [3.63, 3.8) is 0 Å². The van der Waals surface area contributed by atoms with Gasteiger partial charge in [-0.3, -0.25) is 0 Å². The van der Waals surface area contributed by atoms with Gasteiger partial charge in [-0.05, 0) is 31.4 Å². The number of aryl methyl sites for hydroxylation is 1. The fraction of sp³-hybridized carbons (Fsp3) is 0.600. The third kappa shape index (κ3) is 4.88. The highest BCUT2D eigenvalue weighted by Crippen LogP contribution is 2.13. The number of benzene rings is 1. The molecule has 0 aliphatic carbocycles. The maximum Gasteiger partial charge on any atom is 0.0494 e. The van der Waals surface area contributed by atoms with E-state index in [1.807, 2.05) is 0 Å². The summed E-state index contributed by atoms with van der Waals surface area (Å²) in [5.74, 6) is 0. The SMILES string of the molecule is Cc1ccccc1CC(C)NCC(C)(C)CO. The Morgan fingerprint density at radius 2 is 1.94 bits per heavy atom. The van der Waals surface area contributed by atoms with E-state index in [1.54, 1.807) is 0 Å². The summed E-state index contributed by atoms with van der Waals surface area (Å²) in [5, 5.41) is 12.7. The molecule has 1 unspecified atom stereocenters. The van der Waals surface area contributed by atoms with Gasteiger partial charge in [0.05, 0.1) is 0 Å². The molecule has 0 bridgehead atoms. The summed E-state index contributed by atoms with van der Waals surface area (Å²) in [6.45, 7) is 9.55. The molecule has 0 radical (unpaired) electrons. The van der Waals surface area contributed by atoms with Crippen molar-refractivity contribution in [2.75, 3.05) is 13.2 Å². The summed E-state index contributed by atoms with van der Waals surface area (Å²) in [6.07, 6.45) is 1.04. The van der Waals surface area contributed by atoms with Crippen LogP contribution in [0.25, 0.3) is 0 Å². The molecule has 1 aromatic carbocycles. The van der Waals surface area contributed by atoms with Gasteiger partial charge < -0.3 is 10.4 Å². The van der Waals surface area contributed by atoms with Crippen molar-refractivity contribution in [1.82, 2.24) is 5.32 Å². The topological polar surface area (TPSA) is 32.3 Å². The molecule has 96 valence electrons. The predicted molar refractivity (Wildman–Crippen MR) is 73.2 cm³/mol. The Kier molecular flexibility index (Phi) is 5.16. The Balaban J connectivity index is 2.45. The molecule has 1 atom stereocenters. The van der Waals surface area contributed by atoms with Gasteiger partial charge in [-0.15, -0.1) is 0 Å². The van der Waals surface area contributed by atoms with Crippen LogP contribution < -0.4 is 5.32 Å². The summed E-state index contributed by atoms with van der Waals surface area (Å²) in [6, 6.07) is 8.94. The maximum absolute atomic E-state index is 9.20. The van der Waals surface area contributed by atoms with Crippen LogP contribution in [-0.4, -0.2) is 24.3 Å². The van der Waals surface area contributed by atoms with Crippen LogP contribution in [0, 0.1) is 12.3 Å². The lowest BCUT2D eigenvalue weighted by Gasteiger charge is -2.25. The minimum absolute atomic E-state index is 0.0417. The molecule has 0 amide bonds. The van der Waals surface area contributed by atoms with Crippen LogP contribution in [0.3, 0.4) is 0 Å². The standard InChI is InChI=1S/C15H25NO/c1-12-7-5-6-8-14(12)9-13(2)16-10-15(3,4)11-17/h5-8,13,16-17H,9-11H2,1-4H3. The number of aliphatic hydroxyl groups is 1. The first-order valence-electron chi connectivity index (χ1n) is 6.33. The second-order valence-electron chi connectivity index (χ2n) is 5.73. The molecule has 0 fully saturated rings. The Bertz CT molecular complexity index is 347. The van der Waals surface area contributed by atoms with Gasteiger partial charge in [0.25, 0.3) is 0 Å². The lowest BCUT2D eigenvalue weighted by atomic mass is 9.94. The highest BCUT2D eigenvalue weighted by molar-refractivity contribution is 5.26. The summed E-state index contributed by atoms with van der Waals surface area (Å²) in [4.78, 5) is 0. The zero-order chi connectivity index (χ0) is 12.9. The molecule has 1 rings (SSSR count). The van der Waals surface area contributed by atoms with E-state index in [0.717, 1.165) is 13.0 Å². The second kappa shape index (κ2) is 6.18. The van der Waals surface area contributed by atoms with Gasteiger partial charge in [-0.2, -0.15) is 0 Å². The van der Waals surface area contributed by atoms with Gasteiger partial charge in [0, 0.05) is 24.6 Å². The third-order valence-corrected chi connectivity index (χ3v) is 3.14. The zero-order valence-electron chi connectivity index (χ0n) is 11.5. The van der Waals surface area contributed by atoms with Crippen LogP contribution in [0.5, 0.6) is 0 Å². The first-order valence-corrected chi connectivity index (χ1v) is 6.33. The van der Waals surface area contributed by atoms with E-state index in [1.165, 1.54) is 11.1 Å². The van der Waals surface area contributed by atoms with E-state index in [-0.39, 0.29) is 12.0 Å². The van der Waals surface area contributed by atoms with Gasteiger partial charge in [0.2, 0.25) is 0 Å². The molecule has 0 aliphatic rings. The average molecular weight is 235 g/mol. The van der Waals surface area contributed by atoms with E-state index in [2.05, 4.69) is 57.3 Å². The first-order chi connectivity index (χ1) is 7.94. The number of rotatable bonds is 6. The quantitative estimate of drug-likeness (QED) is 0.794. The van der Waals surface area contributed by atoms with Crippen LogP contribution in [0.1, 0.15) is 31.9 Å². The van der Waals surface area contributed by atoms with E-state index >= 15 is 0 Å². The molecular weight excluding hydrogens is 210 g/mol. The van der Waals surface area contributed by atoms with Gasteiger partial charge >= 0.3 is 0 Å². The molecule has 1 aromatic rings. The fourth-order valence-electron chi connectivity index (χ4n) is 1.75. The molecule has 2 N–H and O–H groups in total. The van der Waals surface area contributed by atoms with Gasteiger partial charge in [0.1, 0.15) is 0 Å². The van der Waals surface area contributed by atoms with Gasteiger partial charge in [0.15, 0.2) is 0 Å². The molecule has 0 saturated carbocycles. The number of hydrogen-bond acceptors (Lipinski definition) is 2. The highest BCUT2D eigenvalue weighted by atomic mass is 16.3. The van der Waals surface area contributed by atoms with E-state index in [9.17, 15) is 5.11 Å². The van der Waals surface area contributed by atoms with Crippen molar-refractivity contribution >= 4 is 0 Å². The van der Waals surface area contributed by atoms with Crippen molar-refractivity contribution in [1.29, 1.82) is 0 Å². The monoisotopic (exact) mass is 235 g/mol. The summed E-state index contributed by atoms with van der Waals surface area (Å²) < 4.78 is 0. The Labute approximate surface area is 105 Å². The van der Waals surface area contributed by atoms with Crippen molar-refractivity contribution in [2.24, 2.45) is 5.41 Å². The summed E-state index contributed by atoms with van der Waals surface area (Å²) >= 11 is 0. The summed E-state index contributed by atoms with van der Waals surface area (Å²) in [5.41, 5.74) is 2.71. The minimum Gasteiger partial charge on any atom is -0.396 e. The van der Waals surface area contributed by atoms with Crippen LogP contribution in [0.4, 0.5) is 0 Å². The van der Waals surface area contributed by atoms with Crippen molar-refractivity contribution in [2.45, 2.75) is 40.2 Å². The molecule has 0 spiro atoms. The number of aliphatic hydroxyl groups excluding tert-OH is 1. The van der Waals surface area contributed by atoms with Crippen molar-refractivity contribution in [3.8, 4) is 0 Å². The molecule has 0 heterocycles. The number of hydrogen-bond donors (Lipinski definition) is 2.